The number of non-ortho nitro benzene ring substituents is 1. The van der Waals surface area contributed by atoms with Gasteiger partial charge in [-0.3, -0.25) is 15.5 Å². The number of nitrogens with two attached hydrogens (primary N) is 1. The van der Waals surface area contributed by atoms with E-state index in [0.29, 0.717) is 11.3 Å². The number of nitrogens with zero attached hydrogens (tertiary/aromatic N) is 1. The van der Waals surface area contributed by atoms with Crippen LogP contribution in [0.5, 0.6) is 0 Å². The minimum Gasteiger partial charge on any atom is -0.388 e. The maximum absolute atomic E-state index is 10.4. The Morgan fingerprint density at radius 3 is 2.71 bits per heavy atom. The predicted octanol–water partition coefficient (Wildman–Crippen LogP) is 0.921. The van der Waals surface area contributed by atoms with Gasteiger partial charge in [-0.15, -0.1) is 0 Å². The smallest absolute Gasteiger partial charge is 0.270 e. The molecule has 0 aliphatic rings. The zero-order valence-electron chi connectivity index (χ0n) is 7.57. The highest BCUT2D eigenvalue weighted by atomic mass is 16.6. The number of amidine groups is 1. The standard InChI is InChI=1S/C8H10N4O2/c1-11-7-3-2-5(12(13)14)4-6(7)8(9)10/h2-4,11H,1H3,(H3,9,10). The van der Waals surface area contributed by atoms with Gasteiger partial charge in [-0.1, -0.05) is 0 Å². The van der Waals surface area contributed by atoms with Crippen molar-refractivity contribution in [2.45, 2.75) is 0 Å². The van der Waals surface area contributed by atoms with E-state index in [-0.39, 0.29) is 11.5 Å². The zero-order valence-corrected chi connectivity index (χ0v) is 7.57. The molecule has 0 saturated heterocycles. The Kier molecular flexibility index (Phi) is 2.66. The second kappa shape index (κ2) is 3.73. The quantitative estimate of drug-likeness (QED) is 0.288. The van der Waals surface area contributed by atoms with Gasteiger partial charge in [-0.2, -0.15) is 0 Å². The van der Waals surface area contributed by atoms with Crippen LogP contribution in [-0.2, 0) is 0 Å². The molecule has 0 aromatic heterocycles. The summed E-state index contributed by atoms with van der Waals surface area (Å²) >= 11 is 0. The van der Waals surface area contributed by atoms with E-state index in [9.17, 15) is 10.1 Å². The van der Waals surface area contributed by atoms with Gasteiger partial charge in [0.25, 0.3) is 5.69 Å². The number of benzene rings is 1. The molecular weight excluding hydrogens is 184 g/mol. The highest BCUT2D eigenvalue weighted by molar-refractivity contribution is 6.00. The first kappa shape index (κ1) is 9.97. The average Bonchev–Trinajstić information content (AvgIpc) is 2.16. The second-order valence-electron chi connectivity index (χ2n) is 2.65. The third kappa shape index (κ3) is 1.79. The van der Waals surface area contributed by atoms with Crippen molar-refractivity contribution in [3.05, 3.63) is 33.9 Å². The number of anilines is 1. The molecule has 0 fully saturated rings. The van der Waals surface area contributed by atoms with Gasteiger partial charge in [0.15, 0.2) is 0 Å². The van der Waals surface area contributed by atoms with Crippen LogP contribution in [0, 0.1) is 15.5 Å². The highest BCUT2D eigenvalue weighted by Gasteiger charge is 2.11. The van der Waals surface area contributed by atoms with Crippen LogP contribution in [0.4, 0.5) is 11.4 Å². The summed E-state index contributed by atoms with van der Waals surface area (Å²) in [6.07, 6.45) is 0. The molecule has 0 saturated carbocycles. The first-order valence-corrected chi connectivity index (χ1v) is 3.87. The van der Waals surface area contributed by atoms with Crippen molar-refractivity contribution < 1.29 is 4.92 Å². The van der Waals surface area contributed by atoms with Crippen LogP contribution in [0.3, 0.4) is 0 Å². The number of nitrogen functional groups attached to an aromatic ring is 1. The molecule has 4 N–H and O–H groups in total. The Labute approximate surface area is 80.4 Å². The molecule has 0 aliphatic carbocycles. The minimum atomic E-state index is -0.522. The number of nitro benzene ring substituents is 1. The predicted molar refractivity (Wildman–Crippen MR) is 53.7 cm³/mol. The lowest BCUT2D eigenvalue weighted by Gasteiger charge is -2.06. The fourth-order valence-electron chi connectivity index (χ4n) is 1.09. The van der Waals surface area contributed by atoms with Crippen LogP contribution in [-0.4, -0.2) is 17.8 Å². The van der Waals surface area contributed by atoms with Gasteiger partial charge in [0.05, 0.1) is 4.92 Å². The first-order chi connectivity index (χ1) is 6.56. The van der Waals surface area contributed by atoms with Gasteiger partial charge >= 0.3 is 0 Å². The first-order valence-electron chi connectivity index (χ1n) is 3.87. The molecule has 6 heteroatoms. The molecule has 1 aromatic carbocycles. The molecule has 0 spiro atoms. The second-order valence-corrected chi connectivity index (χ2v) is 2.65. The summed E-state index contributed by atoms with van der Waals surface area (Å²) in [6.45, 7) is 0. The van der Waals surface area contributed by atoms with Crippen molar-refractivity contribution in [2.75, 3.05) is 12.4 Å². The maximum Gasteiger partial charge on any atom is 0.270 e. The summed E-state index contributed by atoms with van der Waals surface area (Å²) in [5.74, 6) is -0.196. The Balaban J connectivity index is 3.27. The lowest BCUT2D eigenvalue weighted by atomic mass is 10.1. The Hall–Kier alpha value is -2.11. The van der Waals surface area contributed by atoms with E-state index in [4.69, 9.17) is 11.1 Å². The summed E-state index contributed by atoms with van der Waals surface area (Å²) in [6, 6.07) is 4.15. The van der Waals surface area contributed by atoms with Crippen LogP contribution in [0.2, 0.25) is 0 Å². The van der Waals surface area contributed by atoms with Gasteiger partial charge in [0, 0.05) is 30.4 Å². The van der Waals surface area contributed by atoms with Gasteiger partial charge in [-0.05, 0) is 6.07 Å². The van der Waals surface area contributed by atoms with Crippen molar-refractivity contribution in [3.8, 4) is 0 Å². The number of nitro groups is 1. The zero-order chi connectivity index (χ0) is 10.7. The Morgan fingerprint density at radius 1 is 1.64 bits per heavy atom. The van der Waals surface area contributed by atoms with E-state index in [0.717, 1.165) is 0 Å². The number of hydrogen-bond acceptors (Lipinski definition) is 4. The molecule has 0 radical (unpaired) electrons. The van der Waals surface area contributed by atoms with Gasteiger partial charge in [-0.25, -0.2) is 0 Å². The van der Waals surface area contributed by atoms with E-state index >= 15 is 0 Å². The average molecular weight is 194 g/mol. The molecule has 1 rings (SSSR count). The fraction of sp³-hybridized carbons (Fsp3) is 0.125. The van der Waals surface area contributed by atoms with Crippen molar-refractivity contribution in [2.24, 2.45) is 5.73 Å². The Bertz CT molecular complexity index is 389. The molecule has 0 unspecified atom stereocenters. The molecule has 0 heterocycles. The molecule has 6 nitrogen and oxygen atoms in total. The van der Waals surface area contributed by atoms with Crippen LogP contribution >= 0.6 is 0 Å². The summed E-state index contributed by atoms with van der Waals surface area (Å²) in [7, 11) is 1.66. The van der Waals surface area contributed by atoms with Gasteiger partial charge in [0.2, 0.25) is 0 Å². The van der Waals surface area contributed by atoms with E-state index in [1.165, 1.54) is 18.2 Å². The highest BCUT2D eigenvalue weighted by Crippen LogP contribution is 2.20. The molecule has 0 bridgehead atoms. The summed E-state index contributed by atoms with van der Waals surface area (Å²) in [4.78, 5) is 9.93. The van der Waals surface area contributed by atoms with E-state index < -0.39 is 4.92 Å². The van der Waals surface area contributed by atoms with E-state index in [1.807, 2.05) is 0 Å². The minimum absolute atomic E-state index is 0.0748. The van der Waals surface area contributed by atoms with Crippen LogP contribution in [0.1, 0.15) is 5.56 Å². The summed E-state index contributed by atoms with van der Waals surface area (Å²) < 4.78 is 0. The molecule has 0 amide bonds. The number of nitrogens with one attached hydrogen (secondary N) is 2. The molecule has 0 aliphatic heterocycles. The van der Waals surface area contributed by atoms with Crippen LogP contribution < -0.4 is 11.1 Å². The number of rotatable bonds is 3. The largest absolute Gasteiger partial charge is 0.388 e. The van der Waals surface area contributed by atoms with E-state index in [2.05, 4.69) is 5.32 Å². The third-order valence-electron chi connectivity index (χ3n) is 1.77. The summed E-state index contributed by atoms with van der Waals surface area (Å²) in [5.41, 5.74) is 6.14. The van der Waals surface area contributed by atoms with Crippen molar-refractivity contribution in [1.29, 1.82) is 5.41 Å². The summed E-state index contributed by atoms with van der Waals surface area (Å²) in [5, 5.41) is 20.5. The Morgan fingerprint density at radius 2 is 2.29 bits per heavy atom. The fourth-order valence-corrected chi connectivity index (χ4v) is 1.09. The molecule has 0 atom stereocenters. The van der Waals surface area contributed by atoms with Crippen LogP contribution in [0.25, 0.3) is 0 Å². The van der Waals surface area contributed by atoms with E-state index in [1.54, 1.807) is 7.05 Å². The molecular formula is C8H10N4O2. The van der Waals surface area contributed by atoms with Crippen molar-refractivity contribution >= 4 is 17.2 Å². The normalized spacial score (nSPS) is 9.50. The third-order valence-corrected chi connectivity index (χ3v) is 1.77. The monoisotopic (exact) mass is 194 g/mol. The molecule has 1 aromatic rings. The van der Waals surface area contributed by atoms with Crippen LogP contribution in [0.15, 0.2) is 18.2 Å². The topological polar surface area (TPSA) is 105 Å². The van der Waals surface area contributed by atoms with Gasteiger partial charge in [0.1, 0.15) is 5.84 Å². The SMILES string of the molecule is CNc1ccc([N+](=O)[O-])cc1C(=N)N. The molecule has 74 valence electrons. The lowest BCUT2D eigenvalue weighted by molar-refractivity contribution is -0.384. The van der Waals surface area contributed by atoms with Crippen molar-refractivity contribution in [3.63, 3.8) is 0 Å². The maximum atomic E-state index is 10.4. The molecule has 14 heavy (non-hydrogen) atoms. The number of hydrogen-bond donors (Lipinski definition) is 3. The lowest BCUT2D eigenvalue weighted by Crippen LogP contribution is -2.13. The van der Waals surface area contributed by atoms with Crippen molar-refractivity contribution in [1.82, 2.24) is 0 Å². The van der Waals surface area contributed by atoms with Gasteiger partial charge < -0.3 is 11.1 Å².